The third-order valence-corrected chi connectivity index (χ3v) is 4.24. The molecule has 1 amide bonds. The molecule has 1 saturated heterocycles. The molecule has 94 valence electrons. The molecule has 0 N–H and O–H groups in total. The van der Waals surface area contributed by atoms with Gasteiger partial charge in [0.15, 0.2) is 5.78 Å². The average Bonchev–Trinajstić information content (AvgIpc) is 2.73. The van der Waals surface area contributed by atoms with Gasteiger partial charge >= 0.3 is 6.09 Å². The van der Waals surface area contributed by atoms with Crippen molar-refractivity contribution < 1.29 is 14.3 Å². The summed E-state index contributed by atoms with van der Waals surface area (Å²) in [6.07, 6.45) is 1.66. The first kappa shape index (κ1) is 11.1. The van der Waals surface area contributed by atoms with Gasteiger partial charge in [0.05, 0.1) is 6.04 Å². The SMILES string of the molecule is CC(C)(C)OC(=O)N1C[C@@H]2C[C@H]3C[C@H]2[C@H]1C3=O. The molecular formula is C13H19NO3. The van der Waals surface area contributed by atoms with Crippen molar-refractivity contribution >= 4 is 11.9 Å². The van der Waals surface area contributed by atoms with Crippen LogP contribution in [0, 0.1) is 17.8 Å². The van der Waals surface area contributed by atoms with Crippen LogP contribution < -0.4 is 0 Å². The lowest BCUT2D eigenvalue weighted by atomic mass is 9.89. The number of hydrogen-bond acceptors (Lipinski definition) is 3. The van der Waals surface area contributed by atoms with Crippen LogP contribution in [0.1, 0.15) is 33.6 Å². The molecule has 4 nitrogen and oxygen atoms in total. The molecule has 2 aliphatic carbocycles. The molecular weight excluding hydrogens is 218 g/mol. The molecule has 3 fully saturated rings. The average molecular weight is 237 g/mol. The zero-order valence-corrected chi connectivity index (χ0v) is 10.6. The van der Waals surface area contributed by atoms with E-state index in [1.165, 1.54) is 0 Å². The highest BCUT2D eigenvalue weighted by Gasteiger charge is 2.60. The predicted molar refractivity (Wildman–Crippen MR) is 61.4 cm³/mol. The predicted octanol–water partition coefficient (Wildman–Crippen LogP) is 1.83. The second kappa shape index (κ2) is 3.24. The summed E-state index contributed by atoms with van der Waals surface area (Å²) in [5, 5.41) is 0. The maximum Gasteiger partial charge on any atom is 0.410 e. The van der Waals surface area contributed by atoms with E-state index in [1.54, 1.807) is 4.90 Å². The smallest absolute Gasteiger partial charge is 0.410 e. The van der Waals surface area contributed by atoms with E-state index in [4.69, 9.17) is 4.74 Å². The largest absolute Gasteiger partial charge is 0.444 e. The van der Waals surface area contributed by atoms with E-state index >= 15 is 0 Å². The summed E-state index contributed by atoms with van der Waals surface area (Å²) >= 11 is 0. The zero-order valence-electron chi connectivity index (χ0n) is 10.6. The number of Topliss-reactive ketones (excluding diaryl/α,β-unsaturated/α-hetero) is 1. The second-order valence-electron chi connectivity index (χ2n) is 6.57. The first-order valence-electron chi connectivity index (χ1n) is 6.40. The molecule has 0 radical (unpaired) electrons. The fraction of sp³-hybridized carbons (Fsp3) is 0.846. The molecule has 4 heteroatoms. The minimum atomic E-state index is -0.486. The van der Waals surface area contributed by atoms with Crippen molar-refractivity contribution in [1.29, 1.82) is 0 Å². The molecule has 4 atom stereocenters. The first-order valence-corrected chi connectivity index (χ1v) is 6.40. The van der Waals surface area contributed by atoms with Gasteiger partial charge in [0.25, 0.3) is 0 Å². The Morgan fingerprint density at radius 1 is 1.35 bits per heavy atom. The Hall–Kier alpha value is -1.06. The molecule has 1 heterocycles. The number of carbonyl (C=O) groups is 2. The number of likely N-dealkylation sites (tertiary alicyclic amines) is 1. The number of ether oxygens (including phenoxy) is 1. The minimum Gasteiger partial charge on any atom is -0.444 e. The van der Waals surface area contributed by atoms with Gasteiger partial charge in [-0.2, -0.15) is 0 Å². The van der Waals surface area contributed by atoms with Gasteiger partial charge in [0.1, 0.15) is 5.60 Å². The topological polar surface area (TPSA) is 46.6 Å². The van der Waals surface area contributed by atoms with Crippen LogP contribution in [0.15, 0.2) is 0 Å². The lowest BCUT2D eigenvalue weighted by Gasteiger charge is -2.27. The highest BCUT2D eigenvalue weighted by molar-refractivity contribution is 5.93. The van der Waals surface area contributed by atoms with E-state index in [0.29, 0.717) is 18.4 Å². The van der Waals surface area contributed by atoms with Gasteiger partial charge in [-0.05, 0) is 45.4 Å². The molecule has 0 spiro atoms. The molecule has 0 aromatic carbocycles. The summed E-state index contributed by atoms with van der Waals surface area (Å²) < 4.78 is 5.38. The van der Waals surface area contributed by atoms with E-state index in [1.807, 2.05) is 20.8 Å². The zero-order chi connectivity index (χ0) is 12.4. The summed E-state index contributed by atoms with van der Waals surface area (Å²) in [4.78, 5) is 25.8. The number of carbonyl (C=O) groups excluding carboxylic acids is 2. The van der Waals surface area contributed by atoms with Crippen molar-refractivity contribution in [2.24, 2.45) is 17.8 Å². The normalized spacial score (nSPS) is 39.0. The van der Waals surface area contributed by atoms with Gasteiger partial charge in [-0.25, -0.2) is 4.79 Å². The summed E-state index contributed by atoms with van der Waals surface area (Å²) in [6, 6.07) is -0.173. The van der Waals surface area contributed by atoms with Gasteiger partial charge in [-0.3, -0.25) is 9.69 Å². The molecule has 2 bridgehead atoms. The molecule has 1 aliphatic heterocycles. The van der Waals surface area contributed by atoms with Gasteiger partial charge in [0, 0.05) is 12.5 Å². The lowest BCUT2D eigenvalue weighted by molar-refractivity contribution is -0.125. The Kier molecular flexibility index (Phi) is 2.11. The minimum absolute atomic E-state index is 0.173. The Bertz CT molecular complexity index is 383. The molecule has 0 unspecified atom stereocenters. The number of rotatable bonds is 0. The Labute approximate surface area is 101 Å². The van der Waals surface area contributed by atoms with Crippen LogP contribution in [0.4, 0.5) is 4.79 Å². The highest BCUT2D eigenvalue weighted by Crippen LogP contribution is 2.53. The molecule has 3 aliphatic rings. The van der Waals surface area contributed by atoms with Crippen LogP contribution >= 0.6 is 0 Å². The molecule has 17 heavy (non-hydrogen) atoms. The third kappa shape index (κ3) is 1.57. The maximum atomic E-state index is 12.1. The van der Waals surface area contributed by atoms with Crippen LogP contribution in [-0.2, 0) is 9.53 Å². The van der Waals surface area contributed by atoms with Crippen molar-refractivity contribution in [3.63, 3.8) is 0 Å². The Balaban J connectivity index is 1.78. The molecule has 2 saturated carbocycles. The third-order valence-electron chi connectivity index (χ3n) is 4.24. The van der Waals surface area contributed by atoms with Crippen LogP contribution in [0.2, 0.25) is 0 Å². The van der Waals surface area contributed by atoms with E-state index in [9.17, 15) is 9.59 Å². The van der Waals surface area contributed by atoms with Gasteiger partial charge in [0.2, 0.25) is 0 Å². The quantitative estimate of drug-likeness (QED) is 0.645. The number of fused-ring (bicyclic) bond motifs is 1. The van der Waals surface area contributed by atoms with E-state index < -0.39 is 5.60 Å². The van der Waals surface area contributed by atoms with E-state index in [0.717, 1.165) is 12.8 Å². The van der Waals surface area contributed by atoms with E-state index in [-0.39, 0.29) is 23.8 Å². The van der Waals surface area contributed by atoms with Crippen LogP contribution in [0.5, 0.6) is 0 Å². The van der Waals surface area contributed by atoms with Crippen molar-refractivity contribution in [2.45, 2.75) is 45.3 Å². The summed E-state index contributed by atoms with van der Waals surface area (Å²) in [5.74, 6) is 1.45. The fourth-order valence-electron chi connectivity index (χ4n) is 3.70. The van der Waals surface area contributed by atoms with Crippen molar-refractivity contribution in [2.75, 3.05) is 6.54 Å². The molecule has 3 rings (SSSR count). The summed E-state index contributed by atoms with van der Waals surface area (Å²) in [5.41, 5.74) is -0.486. The van der Waals surface area contributed by atoms with Crippen LogP contribution in [0.3, 0.4) is 0 Å². The molecule has 0 aromatic heterocycles. The maximum absolute atomic E-state index is 12.1. The number of amides is 1. The second-order valence-corrected chi connectivity index (χ2v) is 6.57. The van der Waals surface area contributed by atoms with Crippen molar-refractivity contribution in [3.8, 4) is 0 Å². The van der Waals surface area contributed by atoms with Crippen molar-refractivity contribution in [1.82, 2.24) is 4.90 Å². The standard InChI is InChI=1S/C13H19NO3/c1-13(2,3)17-12(16)14-6-8-4-7-5-9(8)10(14)11(7)15/h7-10H,4-6H2,1-3H3/t7-,8-,9+,10-/m0/s1. The fourth-order valence-corrected chi connectivity index (χ4v) is 3.70. The monoisotopic (exact) mass is 237 g/mol. The van der Waals surface area contributed by atoms with Crippen LogP contribution in [0.25, 0.3) is 0 Å². The number of ketones is 1. The van der Waals surface area contributed by atoms with Gasteiger partial charge in [-0.15, -0.1) is 0 Å². The van der Waals surface area contributed by atoms with E-state index in [2.05, 4.69) is 0 Å². The van der Waals surface area contributed by atoms with Gasteiger partial charge < -0.3 is 4.74 Å². The number of nitrogens with zero attached hydrogens (tertiary/aromatic N) is 1. The van der Waals surface area contributed by atoms with Crippen LogP contribution in [-0.4, -0.2) is 35.0 Å². The Morgan fingerprint density at radius 2 is 2.06 bits per heavy atom. The summed E-state index contributed by atoms with van der Waals surface area (Å²) in [7, 11) is 0. The first-order chi connectivity index (χ1) is 7.87. The highest BCUT2D eigenvalue weighted by atomic mass is 16.6. The van der Waals surface area contributed by atoms with Crippen molar-refractivity contribution in [3.05, 3.63) is 0 Å². The summed E-state index contributed by atoms with van der Waals surface area (Å²) in [6.45, 7) is 6.28. The Morgan fingerprint density at radius 3 is 2.65 bits per heavy atom. The number of hydrogen-bond donors (Lipinski definition) is 0. The lowest BCUT2D eigenvalue weighted by Crippen LogP contribution is -2.43. The molecule has 0 aromatic rings. The van der Waals surface area contributed by atoms with Gasteiger partial charge in [-0.1, -0.05) is 0 Å².